The predicted molar refractivity (Wildman–Crippen MR) is 124 cm³/mol. The van der Waals surface area contributed by atoms with Gasteiger partial charge in [0.2, 0.25) is 0 Å². The van der Waals surface area contributed by atoms with Crippen LogP contribution in [0.5, 0.6) is 11.5 Å². The van der Waals surface area contributed by atoms with Crippen LogP contribution < -0.4 is 9.47 Å². The predicted octanol–water partition coefficient (Wildman–Crippen LogP) is 4.36. The summed E-state index contributed by atoms with van der Waals surface area (Å²) < 4.78 is 12.8. The molecule has 2 aromatic carbocycles. The quantitative estimate of drug-likeness (QED) is 0.454. The number of ether oxygens (including phenoxy) is 2. The van der Waals surface area contributed by atoms with Crippen molar-refractivity contribution in [2.24, 2.45) is 0 Å². The Morgan fingerprint density at radius 1 is 1.03 bits per heavy atom. The van der Waals surface area contributed by atoms with Crippen LogP contribution in [-0.4, -0.2) is 46.2 Å². The number of aromatic nitrogens is 3. The SMILES string of the molecule is COc1cc2c(cc1OC)[C@@H]1Cc3c(cnc4c(-c5ccc(Cl)cc5)cnn34)C(=O)N1CC2. The highest BCUT2D eigenvalue weighted by molar-refractivity contribution is 6.30. The lowest BCUT2D eigenvalue weighted by Crippen LogP contribution is -2.45. The molecule has 33 heavy (non-hydrogen) atoms. The zero-order valence-corrected chi connectivity index (χ0v) is 19.0. The van der Waals surface area contributed by atoms with Gasteiger partial charge in [0.15, 0.2) is 17.1 Å². The van der Waals surface area contributed by atoms with E-state index in [2.05, 4.69) is 10.1 Å². The Balaban J connectivity index is 1.48. The molecule has 1 amide bonds. The number of benzene rings is 2. The van der Waals surface area contributed by atoms with Crippen molar-refractivity contribution in [3.05, 3.63) is 76.2 Å². The van der Waals surface area contributed by atoms with E-state index in [0.29, 0.717) is 35.1 Å². The van der Waals surface area contributed by atoms with Gasteiger partial charge in [-0.2, -0.15) is 5.10 Å². The van der Waals surface area contributed by atoms with E-state index in [4.69, 9.17) is 21.1 Å². The minimum atomic E-state index is -0.0951. The van der Waals surface area contributed by atoms with Crippen molar-refractivity contribution in [1.82, 2.24) is 19.5 Å². The molecule has 1 atom stereocenters. The first kappa shape index (κ1) is 20.1. The average molecular weight is 461 g/mol. The summed E-state index contributed by atoms with van der Waals surface area (Å²) in [6.45, 7) is 0.651. The molecule has 0 fully saturated rings. The van der Waals surface area contributed by atoms with Gasteiger partial charge in [-0.1, -0.05) is 23.7 Å². The second-order valence-electron chi connectivity index (χ2n) is 8.29. The fourth-order valence-corrected chi connectivity index (χ4v) is 5.14. The van der Waals surface area contributed by atoms with Crippen molar-refractivity contribution in [1.29, 1.82) is 0 Å². The molecule has 6 rings (SSSR count). The number of nitrogens with zero attached hydrogens (tertiary/aromatic N) is 4. The Kier molecular flexibility index (Phi) is 4.55. The first-order valence-electron chi connectivity index (χ1n) is 10.8. The second-order valence-corrected chi connectivity index (χ2v) is 8.73. The van der Waals surface area contributed by atoms with Gasteiger partial charge in [-0.05, 0) is 47.4 Å². The highest BCUT2D eigenvalue weighted by atomic mass is 35.5. The third kappa shape index (κ3) is 2.99. The van der Waals surface area contributed by atoms with Crippen LogP contribution in [0.2, 0.25) is 5.02 Å². The van der Waals surface area contributed by atoms with E-state index in [-0.39, 0.29) is 11.9 Å². The molecule has 8 heteroatoms. The van der Waals surface area contributed by atoms with Crippen LogP contribution in [0.15, 0.2) is 48.8 Å². The van der Waals surface area contributed by atoms with E-state index < -0.39 is 0 Å². The number of methoxy groups -OCH3 is 2. The van der Waals surface area contributed by atoms with Gasteiger partial charge in [0.05, 0.1) is 37.7 Å². The summed E-state index contributed by atoms with van der Waals surface area (Å²) in [5.74, 6) is 1.36. The maximum absolute atomic E-state index is 13.5. The lowest BCUT2D eigenvalue weighted by atomic mass is 9.85. The van der Waals surface area contributed by atoms with Gasteiger partial charge >= 0.3 is 0 Å². The summed E-state index contributed by atoms with van der Waals surface area (Å²) in [7, 11) is 3.27. The number of amides is 1. The number of halogens is 1. The van der Waals surface area contributed by atoms with Crippen molar-refractivity contribution < 1.29 is 14.3 Å². The van der Waals surface area contributed by atoms with Crippen LogP contribution in [0.25, 0.3) is 16.8 Å². The number of rotatable bonds is 3. The molecule has 0 radical (unpaired) electrons. The molecular weight excluding hydrogens is 440 g/mol. The largest absolute Gasteiger partial charge is 0.493 e. The summed E-state index contributed by atoms with van der Waals surface area (Å²) in [5.41, 5.74) is 6.35. The van der Waals surface area contributed by atoms with Gasteiger partial charge in [-0.15, -0.1) is 0 Å². The number of carbonyl (C=O) groups is 1. The molecule has 4 heterocycles. The molecule has 0 saturated heterocycles. The van der Waals surface area contributed by atoms with Crippen LogP contribution in [0.4, 0.5) is 0 Å². The van der Waals surface area contributed by atoms with E-state index >= 15 is 0 Å². The van der Waals surface area contributed by atoms with E-state index in [9.17, 15) is 4.79 Å². The summed E-state index contributed by atoms with van der Waals surface area (Å²) >= 11 is 6.05. The Morgan fingerprint density at radius 2 is 1.79 bits per heavy atom. The summed E-state index contributed by atoms with van der Waals surface area (Å²) in [6, 6.07) is 11.5. The van der Waals surface area contributed by atoms with Crippen molar-refractivity contribution in [2.75, 3.05) is 20.8 Å². The molecular formula is C25H21ClN4O3. The Morgan fingerprint density at radius 3 is 2.55 bits per heavy atom. The number of hydrogen-bond acceptors (Lipinski definition) is 5. The van der Waals surface area contributed by atoms with Gasteiger partial charge < -0.3 is 14.4 Å². The van der Waals surface area contributed by atoms with Crippen molar-refractivity contribution >= 4 is 23.2 Å². The van der Waals surface area contributed by atoms with Crippen molar-refractivity contribution in [2.45, 2.75) is 18.9 Å². The molecule has 166 valence electrons. The topological polar surface area (TPSA) is 69.0 Å². The Bertz CT molecular complexity index is 1410. The second kappa shape index (κ2) is 7.49. The standard InChI is InChI=1S/C25H21ClN4O3/c1-32-22-9-15-7-8-29-20(17(15)10-23(22)33-2)11-21-19(25(29)31)12-27-24-18(13-28-30(21)24)14-3-5-16(26)6-4-14/h3-6,9-10,12-13,20H,7-8,11H2,1-2H3/t20-/m0/s1. The van der Waals surface area contributed by atoms with E-state index in [0.717, 1.165) is 34.5 Å². The highest BCUT2D eigenvalue weighted by Crippen LogP contribution is 2.42. The molecule has 4 aromatic rings. The van der Waals surface area contributed by atoms with Gasteiger partial charge in [-0.25, -0.2) is 9.50 Å². The van der Waals surface area contributed by atoms with E-state index in [1.165, 1.54) is 5.56 Å². The third-order valence-electron chi connectivity index (χ3n) is 6.66. The summed E-state index contributed by atoms with van der Waals surface area (Å²) in [6.07, 6.45) is 4.90. The first-order chi connectivity index (χ1) is 16.1. The molecule has 2 aromatic heterocycles. The minimum Gasteiger partial charge on any atom is -0.493 e. The van der Waals surface area contributed by atoms with Crippen LogP contribution in [0.1, 0.15) is 33.2 Å². The fourth-order valence-electron chi connectivity index (χ4n) is 5.02. The Labute approximate surface area is 195 Å². The molecule has 0 aliphatic carbocycles. The van der Waals surface area contributed by atoms with Gasteiger partial charge in [0.1, 0.15) is 0 Å². The molecule has 0 spiro atoms. The van der Waals surface area contributed by atoms with E-state index in [1.807, 2.05) is 45.8 Å². The highest BCUT2D eigenvalue weighted by Gasteiger charge is 2.39. The first-order valence-corrected chi connectivity index (χ1v) is 11.1. The summed E-state index contributed by atoms with van der Waals surface area (Å²) in [5, 5.41) is 5.30. The molecule has 0 unspecified atom stereocenters. The molecule has 0 N–H and O–H groups in total. The van der Waals surface area contributed by atoms with Crippen molar-refractivity contribution in [3.63, 3.8) is 0 Å². The molecule has 0 saturated carbocycles. The monoisotopic (exact) mass is 460 g/mol. The van der Waals surface area contributed by atoms with Crippen LogP contribution >= 0.6 is 11.6 Å². The van der Waals surface area contributed by atoms with Crippen molar-refractivity contribution in [3.8, 4) is 22.6 Å². The lowest BCUT2D eigenvalue weighted by Gasteiger charge is -2.41. The number of hydrogen-bond donors (Lipinski definition) is 0. The lowest BCUT2D eigenvalue weighted by molar-refractivity contribution is 0.0626. The van der Waals surface area contributed by atoms with Gasteiger partial charge in [-0.3, -0.25) is 4.79 Å². The maximum Gasteiger partial charge on any atom is 0.257 e. The van der Waals surface area contributed by atoms with Crippen LogP contribution in [-0.2, 0) is 12.8 Å². The zero-order valence-electron chi connectivity index (χ0n) is 18.2. The van der Waals surface area contributed by atoms with Gasteiger partial charge in [0, 0.05) is 29.7 Å². The number of fused-ring (bicyclic) bond motifs is 6. The average Bonchev–Trinajstić information content (AvgIpc) is 3.28. The summed E-state index contributed by atoms with van der Waals surface area (Å²) in [4.78, 5) is 20.0. The molecule has 0 bridgehead atoms. The molecule has 7 nitrogen and oxygen atoms in total. The molecule has 2 aliphatic rings. The smallest absolute Gasteiger partial charge is 0.257 e. The van der Waals surface area contributed by atoms with Crippen LogP contribution in [0, 0.1) is 0 Å². The third-order valence-corrected chi connectivity index (χ3v) is 6.91. The van der Waals surface area contributed by atoms with Crippen LogP contribution in [0.3, 0.4) is 0 Å². The van der Waals surface area contributed by atoms with Gasteiger partial charge in [0.25, 0.3) is 5.91 Å². The minimum absolute atomic E-state index is 0.0142. The zero-order chi connectivity index (χ0) is 22.7. The Hall–Kier alpha value is -3.58. The molecule has 2 aliphatic heterocycles. The van der Waals surface area contributed by atoms with E-state index in [1.54, 1.807) is 26.6 Å². The number of carbonyl (C=O) groups excluding carboxylic acids is 1. The maximum atomic E-state index is 13.5. The fraction of sp³-hybridized carbons (Fsp3) is 0.240. The normalized spacial score (nSPS) is 16.9.